The van der Waals surface area contributed by atoms with Gasteiger partial charge >= 0.3 is 0 Å². The molecule has 6 aromatic heterocycles. The first kappa shape index (κ1) is 87.3. The van der Waals surface area contributed by atoms with Crippen molar-refractivity contribution >= 4 is 87.2 Å². The van der Waals surface area contributed by atoms with Crippen molar-refractivity contribution in [2.24, 2.45) is 0 Å². The van der Waals surface area contributed by atoms with Gasteiger partial charge in [-0.05, 0) is 232 Å². The van der Waals surface area contributed by atoms with Crippen LogP contribution in [0, 0.1) is 55.4 Å². The van der Waals surface area contributed by atoms with Crippen molar-refractivity contribution in [1.82, 2.24) is 38.2 Å². The minimum atomic E-state index is 0.685. The summed E-state index contributed by atoms with van der Waals surface area (Å²) >= 11 is 0. The number of aryl methyl sites for hydroxylation is 8. The number of para-hydroxylation sites is 6. The fourth-order valence-corrected chi connectivity index (χ4v) is 22.3. The quantitative estimate of drug-likeness (QED) is 0.0966. The lowest BCUT2D eigenvalue weighted by molar-refractivity contribution is 1.16. The molecule has 0 radical (unpaired) electrons. The third-order valence-electron chi connectivity index (χ3n) is 28.8. The summed E-state index contributed by atoms with van der Waals surface area (Å²) in [6.45, 7) is 17.5. The van der Waals surface area contributed by atoms with E-state index in [4.69, 9.17) is 19.9 Å². The van der Waals surface area contributed by atoms with Crippen molar-refractivity contribution in [3.05, 3.63) is 506 Å². The summed E-state index contributed by atoms with van der Waals surface area (Å²) in [5, 5.41) is 9.71. The van der Waals surface area contributed by atoms with Gasteiger partial charge < -0.3 is 18.3 Å². The zero-order chi connectivity index (χ0) is 96.9. The van der Waals surface area contributed by atoms with Gasteiger partial charge in [-0.3, -0.25) is 0 Å². The largest absolute Gasteiger partial charge is 0.309 e. The first-order chi connectivity index (χ1) is 70.6. The smallest absolute Gasteiger partial charge is 0.160 e. The van der Waals surface area contributed by atoms with Gasteiger partial charge in [0.05, 0.1) is 89.7 Å². The first-order valence-electron chi connectivity index (χ1n) is 49.6. The highest BCUT2D eigenvalue weighted by molar-refractivity contribution is 6.16. The van der Waals surface area contributed by atoms with Crippen molar-refractivity contribution in [2.75, 3.05) is 0 Å². The van der Waals surface area contributed by atoms with Crippen molar-refractivity contribution in [1.29, 1.82) is 0 Å². The second-order valence-corrected chi connectivity index (χ2v) is 38.6. The maximum atomic E-state index is 5.36. The van der Waals surface area contributed by atoms with Crippen LogP contribution in [0.1, 0.15) is 44.5 Å². The molecule has 8 heteroatoms. The van der Waals surface area contributed by atoms with Gasteiger partial charge in [0.1, 0.15) is 0 Å². The molecule has 0 aliphatic rings. The van der Waals surface area contributed by atoms with Gasteiger partial charge in [-0.25, -0.2) is 19.9 Å². The Hall–Kier alpha value is -18.2. The Kier molecular flexibility index (Phi) is 21.9. The molecule has 144 heavy (non-hydrogen) atoms. The van der Waals surface area contributed by atoms with E-state index in [-0.39, 0.29) is 0 Å². The predicted octanol–water partition coefficient (Wildman–Crippen LogP) is 35.8. The zero-order valence-corrected chi connectivity index (χ0v) is 81.5. The zero-order valence-electron chi connectivity index (χ0n) is 81.5. The topological polar surface area (TPSA) is 71.3 Å². The number of aromatic nitrogens is 8. The summed E-state index contributed by atoms with van der Waals surface area (Å²) in [7, 11) is 0. The number of rotatable bonds is 16. The third kappa shape index (κ3) is 15.8. The van der Waals surface area contributed by atoms with Gasteiger partial charge in [-0.2, -0.15) is 0 Å². The van der Waals surface area contributed by atoms with Crippen LogP contribution in [0.3, 0.4) is 0 Å². The average molecular weight is 1850 g/mol. The second-order valence-electron chi connectivity index (χ2n) is 38.6. The molecule has 0 unspecified atom stereocenters. The molecule has 0 saturated heterocycles. The van der Waals surface area contributed by atoms with Crippen LogP contribution in [0.25, 0.3) is 245 Å². The Bertz CT molecular complexity index is 9130. The SMILES string of the molecule is Cc1cc(C)cc(-c2ccc3c(c2)c2cc(-c4cc(C)cc(C)c4)ccc2n3-c2ccc(-c3cc(-c4ccccc4)nc(-c4ccccc4)n3)cc2-c2ccccc2-n2c3ccccc3c3ccccc32)c1.Cc1ccc(-c2ccc3c(c2)c2cc(-c4ccc(C)cc4C)ccc2n3-c2ccc(-c3cc(-c4ccccc4)nc(-c4ccccc4)n3)cc2-c2ccccc2-n2c3ccccc3c3ccccc32)c(C)c1. The van der Waals surface area contributed by atoms with E-state index in [1.54, 1.807) is 0 Å². The van der Waals surface area contributed by atoms with Crippen LogP contribution in [0.15, 0.2) is 461 Å². The second kappa shape index (κ2) is 36.2. The van der Waals surface area contributed by atoms with Gasteiger partial charge in [-0.15, -0.1) is 0 Å². The molecular weight excluding hydrogens is 1750 g/mol. The van der Waals surface area contributed by atoms with E-state index in [2.05, 4.69) is 486 Å². The van der Waals surface area contributed by atoms with Crippen molar-refractivity contribution in [3.8, 4) is 157 Å². The maximum absolute atomic E-state index is 5.36. The molecule has 0 spiro atoms. The number of nitrogens with zero attached hydrogens (tertiary/aromatic N) is 8. The highest BCUT2D eigenvalue weighted by Crippen LogP contribution is 2.49. The summed E-state index contributed by atoms with van der Waals surface area (Å²) in [5.74, 6) is 1.37. The Morgan fingerprint density at radius 3 is 0.736 bits per heavy atom. The normalized spacial score (nSPS) is 11.6. The lowest BCUT2D eigenvalue weighted by atomic mass is 9.95. The fraction of sp³-hybridized carbons (Fsp3) is 0.0588. The van der Waals surface area contributed by atoms with Crippen LogP contribution in [0.4, 0.5) is 0 Å². The van der Waals surface area contributed by atoms with E-state index in [1.165, 1.54) is 132 Å². The minimum absolute atomic E-state index is 0.685. The van der Waals surface area contributed by atoms with Gasteiger partial charge in [0.15, 0.2) is 11.6 Å². The van der Waals surface area contributed by atoms with Gasteiger partial charge in [0, 0.05) is 98.7 Å². The molecule has 20 aromatic carbocycles. The van der Waals surface area contributed by atoms with Crippen LogP contribution in [0.2, 0.25) is 0 Å². The predicted molar refractivity (Wildman–Crippen MR) is 605 cm³/mol. The molecule has 0 aliphatic carbocycles. The summed E-state index contributed by atoms with van der Waals surface area (Å²) < 4.78 is 9.88. The standard InChI is InChI=1S/2C68H50N4/c1-43-27-32-52(45(3)37-43)49-29-34-66-58(39-49)59-40-50(53-33-28-44(2)38-46(53)4)30-35-67(59)72(66)65-36-31-51(61-42-60(47-17-7-5-8-18-47)69-68(70-61)48-19-9-6-10-20-48)41-57(65)56-23-13-16-26-64(56)71-62-24-14-11-21-54(62)55-22-12-15-25-63(55)71;1-43-33-44(2)36-52(35-43)49-27-30-66-58(39-49)59-40-50(53-37-45(3)34-46(4)38-53)28-31-67(59)72(66)65-32-29-51(61-42-60(47-17-7-5-8-18-47)69-68(70-61)48-19-9-6-10-20-48)41-57(65)56-23-13-16-26-64(56)71-62-24-14-11-21-54(62)55-22-12-15-25-63(55)71/h2*5-42H,1-4H3. The molecule has 684 valence electrons. The molecule has 0 amide bonds. The van der Waals surface area contributed by atoms with Crippen LogP contribution < -0.4 is 0 Å². The molecule has 8 nitrogen and oxygen atoms in total. The Morgan fingerprint density at radius 2 is 0.403 bits per heavy atom. The van der Waals surface area contributed by atoms with Crippen molar-refractivity contribution < 1.29 is 0 Å². The van der Waals surface area contributed by atoms with Gasteiger partial charge in [-0.1, -0.05) is 373 Å². The average Bonchev–Trinajstić information content (AvgIpc) is 1.56. The van der Waals surface area contributed by atoms with E-state index >= 15 is 0 Å². The molecule has 26 aromatic rings. The minimum Gasteiger partial charge on any atom is -0.309 e. The lowest BCUT2D eigenvalue weighted by Gasteiger charge is -2.20. The summed E-state index contributed by atoms with van der Waals surface area (Å²) in [4.78, 5) is 21.1. The van der Waals surface area contributed by atoms with Crippen LogP contribution in [-0.4, -0.2) is 38.2 Å². The number of fused-ring (bicyclic) bond motifs is 12. The van der Waals surface area contributed by atoms with E-state index in [1.807, 2.05) is 48.5 Å². The number of hydrogen-bond acceptors (Lipinski definition) is 4. The highest BCUT2D eigenvalue weighted by atomic mass is 15.0. The highest BCUT2D eigenvalue weighted by Gasteiger charge is 2.28. The van der Waals surface area contributed by atoms with Crippen molar-refractivity contribution in [2.45, 2.75) is 55.4 Å². The third-order valence-corrected chi connectivity index (χ3v) is 28.8. The molecule has 0 bridgehead atoms. The van der Waals surface area contributed by atoms with E-state index in [9.17, 15) is 0 Å². The molecule has 26 rings (SSSR count). The summed E-state index contributed by atoms with van der Waals surface area (Å²) in [6, 6.07) is 168. The first-order valence-corrected chi connectivity index (χ1v) is 49.6. The van der Waals surface area contributed by atoms with Gasteiger partial charge in [0.25, 0.3) is 0 Å². The van der Waals surface area contributed by atoms with E-state index in [0.29, 0.717) is 11.6 Å². The molecular formula is C136H100N8. The molecule has 0 N–H and O–H groups in total. The monoisotopic (exact) mass is 1840 g/mol. The van der Waals surface area contributed by atoms with E-state index < -0.39 is 0 Å². The summed E-state index contributed by atoms with van der Waals surface area (Å²) in [6.07, 6.45) is 0. The van der Waals surface area contributed by atoms with E-state index in [0.717, 1.165) is 145 Å². The van der Waals surface area contributed by atoms with Crippen molar-refractivity contribution in [3.63, 3.8) is 0 Å². The van der Waals surface area contributed by atoms with Gasteiger partial charge in [0.2, 0.25) is 0 Å². The summed E-state index contributed by atoms with van der Waals surface area (Å²) in [5.41, 5.74) is 47.2. The molecule has 0 fully saturated rings. The van der Waals surface area contributed by atoms with Crippen LogP contribution in [-0.2, 0) is 0 Å². The number of hydrogen-bond donors (Lipinski definition) is 0. The van der Waals surface area contributed by atoms with Crippen LogP contribution >= 0.6 is 0 Å². The van der Waals surface area contributed by atoms with Crippen LogP contribution in [0.5, 0.6) is 0 Å². The lowest BCUT2D eigenvalue weighted by Crippen LogP contribution is -2.02. The molecule has 0 saturated carbocycles. The Labute approximate surface area is 837 Å². The number of benzene rings is 20. The Morgan fingerprint density at radius 1 is 0.139 bits per heavy atom. The Balaban J connectivity index is 0.000000151. The molecule has 0 aliphatic heterocycles. The molecule has 6 heterocycles. The fourth-order valence-electron chi connectivity index (χ4n) is 22.3. The maximum Gasteiger partial charge on any atom is 0.160 e. The molecule has 0 atom stereocenters.